The fraction of sp³-hybridized carbons (Fsp3) is 0.200. The van der Waals surface area contributed by atoms with E-state index in [9.17, 15) is 9.59 Å². The monoisotopic (exact) mass is 299 g/mol. The molecule has 0 fully saturated rings. The van der Waals surface area contributed by atoms with Gasteiger partial charge >= 0.3 is 5.97 Å². The smallest absolute Gasteiger partial charge is 0.345 e. The highest BCUT2D eigenvalue weighted by Crippen LogP contribution is 2.21. The molecule has 0 radical (unpaired) electrons. The van der Waals surface area contributed by atoms with Gasteiger partial charge in [-0.05, 0) is 19.1 Å². The summed E-state index contributed by atoms with van der Waals surface area (Å²) in [6, 6.07) is 5.28. The van der Waals surface area contributed by atoms with Gasteiger partial charge in [0, 0.05) is 17.6 Å². The van der Waals surface area contributed by atoms with Crippen molar-refractivity contribution in [1.82, 2.24) is 14.4 Å². The Morgan fingerprint density at radius 1 is 1.32 bits per heavy atom. The Bertz CT molecular complexity index is 933. The van der Waals surface area contributed by atoms with Crippen LogP contribution in [0.1, 0.15) is 17.3 Å². The standard InChI is InChI=1S/C15H13N3O4/c1-3-22-15(20)11-7-16-13-10-5-4-9(21-2)6-12(10)17-8-18(13)14(11)19/h4-8H,3H2,1-2H3. The molecule has 0 saturated heterocycles. The van der Waals surface area contributed by atoms with Crippen LogP contribution in [0.15, 0.2) is 35.5 Å². The van der Waals surface area contributed by atoms with Gasteiger partial charge in [0.25, 0.3) is 5.56 Å². The number of rotatable bonds is 3. The molecule has 3 rings (SSSR count). The lowest BCUT2D eigenvalue weighted by molar-refractivity contribution is 0.0523. The summed E-state index contributed by atoms with van der Waals surface area (Å²) in [6.45, 7) is 1.86. The van der Waals surface area contributed by atoms with Gasteiger partial charge in [-0.15, -0.1) is 0 Å². The summed E-state index contributed by atoms with van der Waals surface area (Å²) in [5, 5.41) is 0.691. The summed E-state index contributed by atoms with van der Waals surface area (Å²) in [5.74, 6) is -0.0286. The Morgan fingerprint density at radius 3 is 2.86 bits per heavy atom. The second kappa shape index (κ2) is 5.44. The van der Waals surface area contributed by atoms with Crippen LogP contribution in [0.5, 0.6) is 5.75 Å². The molecule has 1 aromatic carbocycles. The molecule has 0 aliphatic rings. The Labute approximate surface area is 125 Å². The largest absolute Gasteiger partial charge is 0.497 e. The molecule has 0 aliphatic carbocycles. The molecular formula is C15H13N3O4. The number of ether oxygens (including phenoxy) is 2. The number of nitrogens with zero attached hydrogens (tertiary/aromatic N) is 3. The molecule has 0 aliphatic heterocycles. The van der Waals surface area contributed by atoms with E-state index in [0.29, 0.717) is 22.3 Å². The molecule has 7 nitrogen and oxygen atoms in total. The minimum atomic E-state index is -0.691. The summed E-state index contributed by atoms with van der Waals surface area (Å²) in [7, 11) is 1.57. The Balaban J connectivity index is 2.26. The van der Waals surface area contributed by atoms with Crippen LogP contribution in [-0.4, -0.2) is 34.1 Å². The van der Waals surface area contributed by atoms with Crippen LogP contribution in [0.25, 0.3) is 16.6 Å². The number of hydrogen-bond acceptors (Lipinski definition) is 6. The zero-order valence-electron chi connectivity index (χ0n) is 12.1. The fourth-order valence-corrected chi connectivity index (χ4v) is 2.18. The van der Waals surface area contributed by atoms with E-state index in [0.717, 1.165) is 0 Å². The van der Waals surface area contributed by atoms with Gasteiger partial charge in [-0.1, -0.05) is 0 Å². The molecule has 22 heavy (non-hydrogen) atoms. The van der Waals surface area contributed by atoms with Crippen LogP contribution in [0, 0.1) is 0 Å². The molecular weight excluding hydrogens is 286 g/mol. The Kier molecular flexibility index (Phi) is 3.46. The van der Waals surface area contributed by atoms with E-state index < -0.39 is 11.5 Å². The van der Waals surface area contributed by atoms with Crippen molar-refractivity contribution in [2.75, 3.05) is 13.7 Å². The van der Waals surface area contributed by atoms with E-state index in [1.54, 1.807) is 32.2 Å². The van der Waals surface area contributed by atoms with E-state index in [2.05, 4.69) is 9.97 Å². The number of carbonyl (C=O) groups excluding carboxylic acids is 1. The highest BCUT2D eigenvalue weighted by molar-refractivity contribution is 5.93. The molecule has 2 aromatic heterocycles. The first-order valence-electron chi connectivity index (χ1n) is 6.67. The van der Waals surface area contributed by atoms with Crippen molar-refractivity contribution in [3.63, 3.8) is 0 Å². The van der Waals surface area contributed by atoms with Gasteiger partial charge in [0.15, 0.2) is 0 Å². The molecule has 0 bridgehead atoms. The molecule has 3 aromatic rings. The van der Waals surface area contributed by atoms with Crippen LogP contribution in [0.4, 0.5) is 0 Å². The average molecular weight is 299 g/mol. The van der Waals surface area contributed by atoms with Crippen molar-refractivity contribution < 1.29 is 14.3 Å². The average Bonchev–Trinajstić information content (AvgIpc) is 2.54. The predicted octanol–water partition coefficient (Wildman–Crippen LogP) is 1.43. The molecule has 7 heteroatoms. The summed E-state index contributed by atoms with van der Waals surface area (Å²) in [6.07, 6.45) is 2.58. The highest BCUT2D eigenvalue weighted by atomic mass is 16.5. The SMILES string of the molecule is CCOC(=O)c1cnc2c3ccc(OC)cc3ncn2c1=O. The summed E-state index contributed by atoms with van der Waals surface area (Å²) in [4.78, 5) is 32.5. The van der Waals surface area contributed by atoms with Gasteiger partial charge < -0.3 is 9.47 Å². The normalized spacial score (nSPS) is 10.8. The van der Waals surface area contributed by atoms with Gasteiger partial charge in [-0.3, -0.25) is 4.79 Å². The molecule has 0 unspecified atom stereocenters. The lowest BCUT2D eigenvalue weighted by Gasteiger charge is -2.07. The number of hydrogen-bond donors (Lipinski definition) is 0. The number of aromatic nitrogens is 3. The fourth-order valence-electron chi connectivity index (χ4n) is 2.18. The third-order valence-corrected chi connectivity index (χ3v) is 3.25. The van der Waals surface area contributed by atoms with Crippen LogP contribution >= 0.6 is 0 Å². The number of esters is 1. The first-order chi connectivity index (χ1) is 10.7. The number of methoxy groups -OCH3 is 1. The maximum atomic E-state index is 12.4. The predicted molar refractivity (Wildman–Crippen MR) is 79.3 cm³/mol. The van der Waals surface area contributed by atoms with Crippen molar-refractivity contribution in [2.24, 2.45) is 0 Å². The van der Waals surface area contributed by atoms with Crippen LogP contribution in [-0.2, 0) is 4.74 Å². The van der Waals surface area contributed by atoms with E-state index >= 15 is 0 Å². The quantitative estimate of drug-likeness (QED) is 0.537. The molecule has 0 N–H and O–H groups in total. The van der Waals surface area contributed by atoms with Gasteiger partial charge in [-0.2, -0.15) is 0 Å². The third-order valence-electron chi connectivity index (χ3n) is 3.25. The van der Waals surface area contributed by atoms with Crippen molar-refractivity contribution in [3.05, 3.63) is 46.6 Å². The summed E-state index contributed by atoms with van der Waals surface area (Å²) < 4.78 is 11.2. The minimum absolute atomic E-state index is 0.117. The number of benzene rings is 1. The second-order valence-corrected chi connectivity index (χ2v) is 4.52. The zero-order valence-corrected chi connectivity index (χ0v) is 12.1. The Morgan fingerprint density at radius 2 is 2.14 bits per heavy atom. The van der Waals surface area contributed by atoms with Gasteiger partial charge in [-0.25, -0.2) is 19.2 Å². The lowest BCUT2D eigenvalue weighted by atomic mass is 10.2. The maximum absolute atomic E-state index is 12.4. The van der Waals surface area contributed by atoms with Crippen molar-refractivity contribution in [1.29, 1.82) is 0 Å². The van der Waals surface area contributed by atoms with Crippen molar-refractivity contribution >= 4 is 22.5 Å². The number of fused-ring (bicyclic) bond motifs is 3. The topological polar surface area (TPSA) is 82.8 Å². The Hall–Kier alpha value is -2.96. The molecule has 0 amide bonds. The molecule has 0 saturated carbocycles. The van der Waals surface area contributed by atoms with Crippen LogP contribution in [0.2, 0.25) is 0 Å². The maximum Gasteiger partial charge on any atom is 0.345 e. The first-order valence-corrected chi connectivity index (χ1v) is 6.67. The molecule has 112 valence electrons. The lowest BCUT2D eigenvalue weighted by Crippen LogP contribution is -2.24. The van der Waals surface area contributed by atoms with Crippen LogP contribution < -0.4 is 10.3 Å². The highest BCUT2D eigenvalue weighted by Gasteiger charge is 2.15. The molecule has 2 heterocycles. The van der Waals surface area contributed by atoms with Gasteiger partial charge in [0.05, 0.1) is 19.2 Å². The van der Waals surface area contributed by atoms with E-state index in [1.165, 1.54) is 16.9 Å². The van der Waals surface area contributed by atoms with E-state index in [4.69, 9.17) is 9.47 Å². The molecule has 0 spiro atoms. The summed E-state index contributed by atoms with van der Waals surface area (Å²) in [5.41, 5.74) is 0.448. The summed E-state index contributed by atoms with van der Waals surface area (Å²) >= 11 is 0. The molecule has 0 atom stereocenters. The van der Waals surface area contributed by atoms with Gasteiger partial charge in [0.2, 0.25) is 0 Å². The third kappa shape index (κ3) is 2.16. The second-order valence-electron chi connectivity index (χ2n) is 4.52. The first kappa shape index (κ1) is 14.0. The minimum Gasteiger partial charge on any atom is -0.497 e. The number of carbonyl (C=O) groups is 1. The van der Waals surface area contributed by atoms with E-state index in [-0.39, 0.29) is 12.2 Å². The zero-order chi connectivity index (χ0) is 15.7. The van der Waals surface area contributed by atoms with E-state index in [1.807, 2.05) is 0 Å². The van der Waals surface area contributed by atoms with Crippen LogP contribution in [0.3, 0.4) is 0 Å². The van der Waals surface area contributed by atoms with Gasteiger partial charge in [0.1, 0.15) is 23.3 Å². The van der Waals surface area contributed by atoms with Crippen molar-refractivity contribution in [3.8, 4) is 5.75 Å². The van der Waals surface area contributed by atoms with Crippen molar-refractivity contribution in [2.45, 2.75) is 6.92 Å².